The predicted molar refractivity (Wildman–Crippen MR) is 122 cm³/mol. The van der Waals surface area contributed by atoms with E-state index in [2.05, 4.69) is 52.4 Å². The van der Waals surface area contributed by atoms with Crippen molar-refractivity contribution in [2.24, 2.45) is 0 Å². The summed E-state index contributed by atoms with van der Waals surface area (Å²) in [6.45, 7) is 0. The van der Waals surface area contributed by atoms with Crippen molar-refractivity contribution in [1.82, 2.24) is 15.0 Å². The van der Waals surface area contributed by atoms with Gasteiger partial charge >= 0.3 is 0 Å². The number of hydrogen-bond donors (Lipinski definition) is 1. The van der Waals surface area contributed by atoms with Crippen LogP contribution in [0.25, 0.3) is 33.4 Å². The minimum absolute atomic E-state index is 0.246. The Morgan fingerprint density at radius 3 is 2.23 bits per heavy atom. The molecule has 5 aromatic rings. The SMILES string of the molecule is Nc1nc(-c2ccccn2)c(Cc2ccccc2)c(-c2cccc3ccccc23)n1. The number of aromatic nitrogens is 3. The molecule has 0 bridgehead atoms. The second-order valence-electron chi connectivity index (χ2n) is 7.16. The van der Waals surface area contributed by atoms with E-state index in [0.717, 1.165) is 39.0 Å². The molecule has 0 aliphatic heterocycles. The zero-order valence-corrected chi connectivity index (χ0v) is 16.4. The average molecular weight is 388 g/mol. The van der Waals surface area contributed by atoms with Crippen LogP contribution in [0, 0.1) is 0 Å². The quantitative estimate of drug-likeness (QED) is 0.439. The van der Waals surface area contributed by atoms with Gasteiger partial charge in [0.25, 0.3) is 0 Å². The van der Waals surface area contributed by atoms with Crippen LogP contribution < -0.4 is 5.73 Å². The van der Waals surface area contributed by atoms with Gasteiger partial charge in [-0.1, -0.05) is 78.9 Å². The summed E-state index contributed by atoms with van der Waals surface area (Å²) >= 11 is 0. The average Bonchev–Trinajstić information content (AvgIpc) is 2.81. The molecule has 0 radical (unpaired) electrons. The van der Waals surface area contributed by atoms with Gasteiger partial charge in [-0.15, -0.1) is 0 Å². The summed E-state index contributed by atoms with van der Waals surface area (Å²) in [4.78, 5) is 13.9. The highest BCUT2D eigenvalue weighted by Crippen LogP contribution is 2.35. The van der Waals surface area contributed by atoms with Crippen molar-refractivity contribution in [3.05, 3.63) is 108 Å². The summed E-state index contributed by atoms with van der Waals surface area (Å²) in [5.74, 6) is 0.246. The van der Waals surface area contributed by atoms with Crippen molar-refractivity contribution in [1.29, 1.82) is 0 Å². The molecule has 0 fully saturated rings. The van der Waals surface area contributed by atoms with Gasteiger partial charge < -0.3 is 5.73 Å². The van der Waals surface area contributed by atoms with Gasteiger partial charge in [0.2, 0.25) is 5.95 Å². The third-order valence-corrected chi connectivity index (χ3v) is 5.20. The molecule has 5 rings (SSSR count). The molecule has 30 heavy (non-hydrogen) atoms. The Bertz CT molecular complexity index is 1310. The first-order chi connectivity index (χ1) is 14.8. The van der Waals surface area contributed by atoms with Crippen LogP contribution in [0.1, 0.15) is 11.1 Å². The van der Waals surface area contributed by atoms with E-state index in [1.807, 2.05) is 48.5 Å². The van der Waals surface area contributed by atoms with Crippen molar-refractivity contribution in [3.63, 3.8) is 0 Å². The minimum atomic E-state index is 0.246. The molecule has 0 saturated heterocycles. The van der Waals surface area contributed by atoms with Gasteiger partial charge in [0.05, 0.1) is 17.1 Å². The van der Waals surface area contributed by atoms with Crippen molar-refractivity contribution < 1.29 is 0 Å². The van der Waals surface area contributed by atoms with E-state index >= 15 is 0 Å². The van der Waals surface area contributed by atoms with Gasteiger partial charge in [-0.3, -0.25) is 4.98 Å². The molecule has 2 aromatic heterocycles. The predicted octanol–water partition coefficient (Wildman–Crippen LogP) is 5.53. The highest BCUT2D eigenvalue weighted by Gasteiger charge is 2.19. The normalized spacial score (nSPS) is 10.9. The maximum absolute atomic E-state index is 6.19. The van der Waals surface area contributed by atoms with Gasteiger partial charge in [0.1, 0.15) is 0 Å². The van der Waals surface area contributed by atoms with Crippen LogP contribution in [0.2, 0.25) is 0 Å². The Morgan fingerprint density at radius 2 is 1.40 bits per heavy atom. The van der Waals surface area contributed by atoms with Gasteiger partial charge in [-0.2, -0.15) is 0 Å². The third kappa shape index (κ3) is 3.40. The monoisotopic (exact) mass is 388 g/mol. The van der Waals surface area contributed by atoms with Gasteiger partial charge in [-0.25, -0.2) is 9.97 Å². The third-order valence-electron chi connectivity index (χ3n) is 5.20. The van der Waals surface area contributed by atoms with Crippen molar-refractivity contribution >= 4 is 16.7 Å². The zero-order chi connectivity index (χ0) is 20.3. The van der Waals surface area contributed by atoms with E-state index < -0.39 is 0 Å². The summed E-state index contributed by atoms with van der Waals surface area (Å²) < 4.78 is 0. The molecular weight excluding hydrogens is 368 g/mol. The molecule has 4 heteroatoms. The number of pyridine rings is 1. The van der Waals surface area contributed by atoms with Gasteiger partial charge in [0.15, 0.2) is 0 Å². The first kappa shape index (κ1) is 18.0. The molecule has 0 amide bonds. The number of rotatable bonds is 4. The van der Waals surface area contributed by atoms with Crippen LogP contribution in [-0.4, -0.2) is 15.0 Å². The van der Waals surface area contributed by atoms with E-state index in [1.54, 1.807) is 6.20 Å². The largest absolute Gasteiger partial charge is 0.368 e. The van der Waals surface area contributed by atoms with E-state index in [-0.39, 0.29) is 5.95 Å². The Hall–Kier alpha value is -4.05. The lowest BCUT2D eigenvalue weighted by molar-refractivity contribution is 1.08. The second-order valence-corrected chi connectivity index (χ2v) is 7.16. The molecular formula is C26H20N4. The van der Waals surface area contributed by atoms with Crippen LogP contribution in [0.3, 0.4) is 0 Å². The summed E-state index contributed by atoms with van der Waals surface area (Å²) in [5, 5.41) is 2.30. The molecule has 0 atom stereocenters. The summed E-state index contributed by atoms with van der Waals surface area (Å²) in [6, 6.07) is 30.8. The van der Waals surface area contributed by atoms with E-state index in [0.29, 0.717) is 6.42 Å². The number of nitrogens with zero attached hydrogens (tertiary/aromatic N) is 3. The topological polar surface area (TPSA) is 64.7 Å². The summed E-state index contributed by atoms with van der Waals surface area (Å²) in [7, 11) is 0. The standard InChI is InChI=1S/C26H20N4/c27-26-29-24(21-14-8-12-19-11-4-5-13-20(19)21)22(17-18-9-2-1-3-10-18)25(30-26)23-15-6-7-16-28-23/h1-16H,17H2,(H2,27,29,30). The van der Waals surface area contributed by atoms with Crippen LogP contribution in [-0.2, 0) is 6.42 Å². The van der Waals surface area contributed by atoms with Crippen LogP contribution >= 0.6 is 0 Å². The summed E-state index contributed by atoms with van der Waals surface area (Å²) in [6.07, 6.45) is 2.46. The maximum atomic E-state index is 6.19. The van der Waals surface area contributed by atoms with Gasteiger partial charge in [0, 0.05) is 23.7 Å². The van der Waals surface area contributed by atoms with Crippen molar-refractivity contribution in [2.75, 3.05) is 5.73 Å². The molecule has 144 valence electrons. The zero-order valence-electron chi connectivity index (χ0n) is 16.4. The van der Waals surface area contributed by atoms with Crippen molar-refractivity contribution in [3.8, 4) is 22.6 Å². The molecule has 0 spiro atoms. The van der Waals surface area contributed by atoms with Gasteiger partial charge in [-0.05, 0) is 28.5 Å². The number of nitrogen functional groups attached to an aromatic ring is 1. The lowest BCUT2D eigenvalue weighted by Gasteiger charge is -2.16. The maximum Gasteiger partial charge on any atom is 0.221 e. The van der Waals surface area contributed by atoms with E-state index in [4.69, 9.17) is 10.7 Å². The van der Waals surface area contributed by atoms with E-state index in [9.17, 15) is 0 Å². The highest BCUT2D eigenvalue weighted by atomic mass is 15.0. The fraction of sp³-hybridized carbons (Fsp3) is 0.0385. The molecule has 2 N–H and O–H groups in total. The van der Waals surface area contributed by atoms with E-state index in [1.165, 1.54) is 5.56 Å². The first-order valence-corrected chi connectivity index (χ1v) is 9.89. The Morgan fingerprint density at radius 1 is 0.667 bits per heavy atom. The second kappa shape index (κ2) is 7.76. The van der Waals surface area contributed by atoms with Crippen molar-refractivity contribution in [2.45, 2.75) is 6.42 Å². The Kier molecular flexibility index (Phi) is 4.66. The van der Waals surface area contributed by atoms with Crippen LogP contribution in [0.4, 0.5) is 5.95 Å². The highest BCUT2D eigenvalue weighted by molar-refractivity contribution is 5.97. The first-order valence-electron chi connectivity index (χ1n) is 9.89. The molecule has 2 heterocycles. The molecule has 0 aliphatic carbocycles. The smallest absolute Gasteiger partial charge is 0.221 e. The number of anilines is 1. The number of hydrogen-bond acceptors (Lipinski definition) is 4. The summed E-state index contributed by atoms with van der Waals surface area (Å²) in [5.41, 5.74) is 11.9. The fourth-order valence-electron chi connectivity index (χ4n) is 3.84. The number of fused-ring (bicyclic) bond motifs is 1. The molecule has 0 unspecified atom stereocenters. The Balaban J connectivity index is 1.81. The molecule has 3 aromatic carbocycles. The minimum Gasteiger partial charge on any atom is -0.368 e. The lowest BCUT2D eigenvalue weighted by atomic mass is 9.93. The fourth-order valence-corrected chi connectivity index (χ4v) is 3.84. The Labute approximate surface area is 175 Å². The van der Waals surface area contributed by atoms with Crippen LogP contribution in [0.15, 0.2) is 97.2 Å². The lowest BCUT2D eigenvalue weighted by Crippen LogP contribution is -2.06. The molecule has 4 nitrogen and oxygen atoms in total. The number of nitrogens with two attached hydrogens (primary N) is 1. The molecule has 0 saturated carbocycles. The van der Waals surface area contributed by atoms with Crippen LogP contribution in [0.5, 0.6) is 0 Å². The molecule has 0 aliphatic rings. The number of benzene rings is 3.